The van der Waals surface area contributed by atoms with Crippen molar-refractivity contribution in [3.63, 3.8) is 0 Å². The van der Waals surface area contributed by atoms with E-state index in [1.807, 2.05) is 13.8 Å². The van der Waals surface area contributed by atoms with E-state index >= 15 is 0 Å². The predicted octanol–water partition coefficient (Wildman–Crippen LogP) is 0.638. The molecule has 1 atom stereocenters. The summed E-state index contributed by atoms with van der Waals surface area (Å²) in [4.78, 5) is 10.8. The monoisotopic (exact) mass is 213 g/mol. The molecule has 0 radical (unpaired) electrons. The molecule has 0 saturated heterocycles. The van der Waals surface area contributed by atoms with Gasteiger partial charge in [0.25, 0.3) is 5.91 Å². The number of carbonyl (C=O) groups excluding carboxylic acids is 1. The SMILES string of the molecule is CC.NC(=O)c1nonc1C(O)C1CC1. The van der Waals surface area contributed by atoms with Crippen LogP contribution in [0.15, 0.2) is 4.63 Å². The zero-order chi connectivity index (χ0) is 11.4. The van der Waals surface area contributed by atoms with Gasteiger partial charge in [-0.15, -0.1) is 0 Å². The van der Waals surface area contributed by atoms with Gasteiger partial charge in [-0.1, -0.05) is 19.0 Å². The topological polar surface area (TPSA) is 102 Å². The van der Waals surface area contributed by atoms with Crippen LogP contribution < -0.4 is 5.73 Å². The summed E-state index contributed by atoms with van der Waals surface area (Å²) >= 11 is 0. The number of amides is 1. The minimum Gasteiger partial charge on any atom is -0.386 e. The Balaban J connectivity index is 0.000000531. The highest BCUT2D eigenvalue weighted by atomic mass is 16.6. The van der Waals surface area contributed by atoms with E-state index in [1.54, 1.807) is 0 Å². The fraction of sp³-hybridized carbons (Fsp3) is 0.667. The summed E-state index contributed by atoms with van der Waals surface area (Å²) in [7, 11) is 0. The Morgan fingerprint density at radius 3 is 2.60 bits per heavy atom. The minimum atomic E-state index is -0.770. The summed E-state index contributed by atoms with van der Waals surface area (Å²) in [5, 5.41) is 16.4. The van der Waals surface area contributed by atoms with Crippen molar-refractivity contribution in [2.24, 2.45) is 11.7 Å². The van der Waals surface area contributed by atoms with Crippen LogP contribution in [0.2, 0.25) is 0 Å². The summed E-state index contributed by atoms with van der Waals surface area (Å²) < 4.78 is 4.35. The van der Waals surface area contributed by atoms with Gasteiger partial charge in [-0.2, -0.15) is 0 Å². The number of hydrogen-bond donors (Lipinski definition) is 2. The van der Waals surface area contributed by atoms with Gasteiger partial charge in [0.15, 0.2) is 5.69 Å². The van der Waals surface area contributed by atoms with Crippen molar-refractivity contribution >= 4 is 5.91 Å². The summed E-state index contributed by atoms with van der Waals surface area (Å²) in [5.74, 6) is -0.555. The van der Waals surface area contributed by atoms with Gasteiger partial charge in [0.1, 0.15) is 11.8 Å². The highest BCUT2D eigenvalue weighted by Gasteiger charge is 2.35. The maximum atomic E-state index is 10.8. The molecular formula is C9H15N3O3. The van der Waals surface area contributed by atoms with Gasteiger partial charge in [-0.3, -0.25) is 4.79 Å². The Labute approximate surface area is 87.4 Å². The van der Waals surface area contributed by atoms with Crippen molar-refractivity contribution in [3.8, 4) is 0 Å². The largest absolute Gasteiger partial charge is 0.386 e. The number of hydrogen-bond acceptors (Lipinski definition) is 5. The average molecular weight is 213 g/mol. The molecule has 1 aromatic rings. The number of primary amides is 1. The lowest BCUT2D eigenvalue weighted by atomic mass is 10.1. The van der Waals surface area contributed by atoms with Gasteiger partial charge < -0.3 is 10.8 Å². The molecule has 1 heterocycles. The Morgan fingerprint density at radius 2 is 2.13 bits per heavy atom. The van der Waals surface area contributed by atoms with Gasteiger partial charge in [-0.25, -0.2) is 4.63 Å². The molecule has 0 aliphatic heterocycles. The fourth-order valence-electron chi connectivity index (χ4n) is 1.20. The molecule has 0 aromatic carbocycles. The van der Waals surface area contributed by atoms with Gasteiger partial charge >= 0.3 is 0 Å². The minimum absolute atomic E-state index is 0.0700. The predicted molar refractivity (Wildman–Crippen MR) is 51.8 cm³/mol. The Kier molecular flexibility index (Phi) is 3.79. The molecule has 0 bridgehead atoms. The summed E-state index contributed by atoms with van der Waals surface area (Å²) in [6, 6.07) is 0. The molecule has 1 amide bonds. The summed E-state index contributed by atoms with van der Waals surface area (Å²) in [5.41, 5.74) is 5.10. The molecule has 3 N–H and O–H groups in total. The van der Waals surface area contributed by atoms with E-state index in [2.05, 4.69) is 14.9 Å². The first-order chi connectivity index (χ1) is 7.20. The van der Waals surface area contributed by atoms with Gasteiger partial charge in [0.05, 0.1) is 0 Å². The number of aliphatic hydroxyl groups is 1. The Bertz CT molecular complexity index is 333. The molecule has 84 valence electrons. The zero-order valence-electron chi connectivity index (χ0n) is 8.80. The number of nitrogens with zero attached hydrogens (tertiary/aromatic N) is 2. The van der Waals surface area contributed by atoms with E-state index in [9.17, 15) is 9.90 Å². The van der Waals surface area contributed by atoms with E-state index in [0.29, 0.717) is 0 Å². The van der Waals surface area contributed by atoms with E-state index in [-0.39, 0.29) is 17.3 Å². The number of nitrogens with two attached hydrogens (primary N) is 1. The van der Waals surface area contributed by atoms with Crippen molar-refractivity contribution in [1.82, 2.24) is 10.3 Å². The lowest BCUT2D eigenvalue weighted by Gasteiger charge is -2.03. The highest BCUT2D eigenvalue weighted by molar-refractivity contribution is 5.91. The van der Waals surface area contributed by atoms with Gasteiger partial charge in [0, 0.05) is 0 Å². The molecule has 1 aliphatic carbocycles. The molecule has 6 nitrogen and oxygen atoms in total. The molecule has 2 rings (SSSR count). The number of aliphatic hydroxyl groups excluding tert-OH is 1. The van der Waals surface area contributed by atoms with Crippen molar-refractivity contribution in [2.75, 3.05) is 0 Å². The van der Waals surface area contributed by atoms with Crippen LogP contribution in [0.1, 0.15) is 49.0 Å². The summed E-state index contributed by atoms with van der Waals surface area (Å²) in [6.45, 7) is 4.00. The zero-order valence-corrected chi connectivity index (χ0v) is 8.80. The molecule has 0 spiro atoms. The third-order valence-electron chi connectivity index (χ3n) is 2.10. The molecule has 1 unspecified atom stereocenters. The smallest absolute Gasteiger partial charge is 0.273 e. The van der Waals surface area contributed by atoms with Crippen LogP contribution in [0.5, 0.6) is 0 Å². The van der Waals surface area contributed by atoms with Crippen molar-refractivity contribution < 1.29 is 14.5 Å². The second-order valence-corrected chi connectivity index (χ2v) is 3.14. The van der Waals surface area contributed by atoms with Crippen molar-refractivity contribution in [2.45, 2.75) is 32.8 Å². The first-order valence-corrected chi connectivity index (χ1v) is 5.00. The van der Waals surface area contributed by atoms with Crippen LogP contribution in [-0.2, 0) is 0 Å². The van der Waals surface area contributed by atoms with Gasteiger partial charge in [-0.05, 0) is 23.9 Å². The highest BCUT2D eigenvalue weighted by Crippen LogP contribution is 2.40. The van der Waals surface area contributed by atoms with E-state index in [1.165, 1.54) is 0 Å². The molecule has 15 heavy (non-hydrogen) atoms. The van der Waals surface area contributed by atoms with Crippen molar-refractivity contribution in [3.05, 3.63) is 11.4 Å². The molecular weight excluding hydrogens is 198 g/mol. The average Bonchev–Trinajstić information content (AvgIpc) is 2.96. The lowest BCUT2D eigenvalue weighted by molar-refractivity contribution is 0.0981. The van der Waals surface area contributed by atoms with Crippen LogP contribution >= 0.6 is 0 Å². The van der Waals surface area contributed by atoms with E-state index in [4.69, 9.17) is 5.73 Å². The first-order valence-electron chi connectivity index (χ1n) is 5.00. The molecule has 1 fully saturated rings. The quantitative estimate of drug-likeness (QED) is 0.766. The maximum Gasteiger partial charge on any atom is 0.273 e. The fourth-order valence-corrected chi connectivity index (χ4v) is 1.20. The molecule has 1 aromatic heterocycles. The third kappa shape index (κ3) is 2.53. The second-order valence-electron chi connectivity index (χ2n) is 3.14. The molecule has 1 saturated carbocycles. The van der Waals surface area contributed by atoms with Crippen LogP contribution in [-0.4, -0.2) is 21.3 Å². The van der Waals surface area contributed by atoms with Crippen molar-refractivity contribution in [1.29, 1.82) is 0 Å². The van der Waals surface area contributed by atoms with Gasteiger partial charge in [0.2, 0.25) is 0 Å². The van der Waals surface area contributed by atoms with Crippen LogP contribution in [0.4, 0.5) is 0 Å². The number of aromatic nitrogens is 2. The third-order valence-corrected chi connectivity index (χ3v) is 2.10. The van der Waals surface area contributed by atoms with Crippen LogP contribution in [0.3, 0.4) is 0 Å². The number of rotatable bonds is 3. The Morgan fingerprint density at radius 1 is 1.53 bits per heavy atom. The molecule has 6 heteroatoms. The Hall–Kier alpha value is -1.43. The van der Waals surface area contributed by atoms with Crippen LogP contribution in [0, 0.1) is 5.92 Å². The standard InChI is InChI=1S/C7H9N3O3.C2H6/c8-7(12)5-4(9-13-10-5)6(11)3-1-2-3;1-2/h3,6,11H,1-2H2,(H2,8,12);1-2H3. The first kappa shape index (κ1) is 11.6. The van der Waals surface area contributed by atoms with E-state index in [0.717, 1.165) is 12.8 Å². The normalized spacial score (nSPS) is 16.5. The maximum absolute atomic E-state index is 10.8. The number of carbonyl (C=O) groups is 1. The lowest BCUT2D eigenvalue weighted by Crippen LogP contribution is -2.16. The second kappa shape index (κ2) is 4.88. The summed E-state index contributed by atoms with van der Waals surface area (Å²) in [6.07, 6.45) is 1.10. The van der Waals surface area contributed by atoms with Crippen LogP contribution in [0.25, 0.3) is 0 Å². The van der Waals surface area contributed by atoms with E-state index < -0.39 is 12.0 Å². The molecule has 1 aliphatic rings.